The number of nitrogens with zero attached hydrogens (tertiary/aromatic N) is 2. The van der Waals surface area contributed by atoms with Crippen molar-refractivity contribution in [1.29, 1.82) is 0 Å². The summed E-state index contributed by atoms with van der Waals surface area (Å²) >= 11 is 0. The number of hydrogen-bond acceptors (Lipinski definition) is 3. The molecule has 1 aromatic rings. The van der Waals surface area contributed by atoms with Gasteiger partial charge in [0.25, 0.3) is 0 Å². The van der Waals surface area contributed by atoms with Crippen LogP contribution in [0, 0.1) is 0 Å². The van der Waals surface area contributed by atoms with E-state index in [4.69, 9.17) is 5.84 Å². The van der Waals surface area contributed by atoms with Crippen molar-refractivity contribution < 1.29 is 0 Å². The van der Waals surface area contributed by atoms with Crippen molar-refractivity contribution in [2.24, 2.45) is 5.84 Å². The third-order valence-electron chi connectivity index (χ3n) is 3.19. The number of rotatable bonds is 4. The first kappa shape index (κ1) is 11.4. The molecule has 1 saturated heterocycles. The zero-order valence-corrected chi connectivity index (χ0v) is 9.81. The van der Waals surface area contributed by atoms with Crippen LogP contribution in [0.1, 0.15) is 19.3 Å². The van der Waals surface area contributed by atoms with E-state index in [1.54, 1.807) is 0 Å². The Hall–Kier alpha value is -1.06. The second-order valence-corrected chi connectivity index (χ2v) is 4.43. The maximum absolute atomic E-state index is 6.02. The molecule has 0 unspecified atom stereocenters. The average Bonchev–Trinajstić information content (AvgIpc) is 2.38. The molecular formula is C13H21N3. The van der Waals surface area contributed by atoms with Crippen LogP contribution in [0.25, 0.3) is 0 Å². The van der Waals surface area contributed by atoms with Crippen LogP contribution in [0.5, 0.6) is 0 Å². The number of piperidine rings is 1. The molecule has 0 aromatic heterocycles. The minimum Gasteiger partial charge on any atom is -0.310 e. The third kappa shape index (κ3) is 3.22. The number of nitrogens with two attached hydrogens (primary N) is 1. The molecule has 3 nitrogen and oxygen atoms in total. The van der Waals surface area contributed by atoms with Crippen molar-refractivity contribution in [2.45, 2.75) is 19.3 Å². The molecule has 88 valence electrons. The second kappa shape index (κ2) is 5.87. The summed E-state index contributed by atoms with van der Waals surface area (Å²) in [4.78, 5) is 2.51. The van der Waals surface area contributed by atoms with Gasteiger partial charge in [-0.05, 0) is 38.1 Å². The summed E-state index contributed by atoms with van der Waals surface area (Å²) < 4.78 is 0. The van der Waals surface area contributed by atoms with E-state index in [0.717, 1.165) is 18.8 Å². The maximum Gasteiger partial charge on any atom is 0.0517 e. The van der Waals surface area contributed by atoms with Gasteiger partial charge in [-0.1, -0.05) is 24.6 Å². The molecule has 2 N–H and O–H groups in total. The van der Waals surface area contributed by atoms with Gasteiger partial charge in [0.1, 0.15) is 0 Å². The summed E-state index contributed by atoms with van der Waals surface area (Å²) in [7, 11) is 0. The standard InChI is InChI=1S/C13H21N3/c14-16(13-7-3-1-4-8-13)12-11-15-9-5-2-6-10-15/h1,3-4,7-8H,2,5-6,9-12,14H2. The summed E-state index contributed by atoms with van der Waals surface area (Å²) in [5, 5.41) is 1.84. The van der Waals surface area contributed by atoms with E-state index in [9.17, 15) is 0 Å². The number of likely N-dealkylation sites (tertiary alicyclic amines) is 1. The summed E-state index contributed by atoms with van der Waals surface area (Å²) in [6, 6.07) is 10.2. The van der Waals surface area contributed by atoms with Crippen molar-refractivity contribution in [2.75, 3.05) is 31.2 Å². The van der Waals surface area contributed by atoms with Gasteiger partial charge < -0.3 is 9.91 Å². The van der Waals surface area contributed by atoms with Crippen molar-refractivity contribution >= 4 is 5.69 Å². The van der Waals surface area contributed by atoms with E-state index in [0.29, 0.717) is 0 Å². The summed E-state index contributed by atoms with van der Waals surface area (Å²) in [6.45, 7) is 4.46. The largest absolute Gasteiger partial charge is 0.310 e. The number of benzene rings is 1. The Morgan fingerprint density at radius 2 is 1.75 bits per heavy atom. The molecule has 1 heterocycles. The first-order chi connectivity index (χ1) is 7.86. The minimum absolute atomic E-state index is 0.907. The normalized spacial score (nSPS) is 17.3. The molecule has 0 spiro atoms. The van der Waals surface area contributed by atoms with Crippen LogP contribution < -0.4 is 10.9 Å². The fourth-order valence-corrected chi connectivity index (χ4v) is 2.18. The molecule has 1 fully saturated rings. The first-order valence-corrected chi connectivity index (χ1v) is 6.16. The summed E-state index contributed by atoms with van der Waals surface area (Å²) in [5.74, 6) is 6.02. The smallest absolute Gasteiger partial charge is 0.0517 e. The van der Waals surface area contributed by atoms with Gasteiger partial charge in [-0.3, -0.25) is 0 Å². The zero-order chi connectivity index (χ0) is 11.2. The highest BCUT2D eigenvalue weighted by molar-refractivity contribution is 5.44. The Bertz CT molecular complexity index is 293. The van der Waals surface area contributed by atoms with Crippen LogP contribution in [0.15, 0.2) is 30.3 Å². The lowest BCUT2D eigenvalue weighted by Crippen LogP contribution is -2.41. The van der Waals surface area contributed by atoms with Gasteiger partial charge >= 0.3 is 0 Å². The molecule has 1 aliphatic heterocycles. The topological polar surface area (TPSA) is 32.5 Å². The molecule has 0 radical (unpaired) electrons. The van der Waals surface area contributed by atoms with Gasteiger partial charge in [0, 0.05) is 13.1 Å². The van der Waals surface area contributed by atoms with Gasteiger partial charge in [-0.2, -0.15) is 0 Å². The van der Waals surface area contributed by atoms with E-state index in [2.05, 4.69) is 17.0 Å². The molecule has 0 aliphatic carbocycles. The van der Waals surface area contributed by atoms with E-state index >= 15 is 0 Å². The molecule has 0 bridgehead atoms. The van der Waals surface area contributed by atoms with Crippen LogP contribution in [0.4, 0.5) is 5.69 Å². The molecule has 2 rings (SSSR count). The molecule has 0 atom stereocenters. The lowest BCUT2D eigenvalue weighted by atomic mass is 10.1. The number of hydrogen-bond donors (Lipinski definition) is 1. The van der Waals surface area contributed by atoms with Crippen LogP contribution in [-0.2, 0) is 0 Å². The molecular weight excluding hydrogens is 198 g/mol. The van der Waals surface area contributed by atoms with Crippen LogP contribution in [0.2, 0.25) is 0 Å². The predicted molar refractivity (Wildman–Crippen MR) is 68.3 cm³/mol. The number of hydrazine groups is 1. The van der Waals surface area contributed by atoms with Gasteiger partial charge in [-0.15, -0.1) is 0 Å². The lowest BCUT2D eigenvalue weighted by Gasteiger charge is -2.28. The summed E-state index contributed by atoms with van der Waals surface area (Å²) in [6.07, 6.45) is 4.08. The Balaban J connectivity index is 1.77. The highest BCUT2D eigenvalue weighted by Gasteiger charge is 2.10. The van der Waals surface area contributed by atoms with E-state index < -0.39 is 0 Å². The number of para-hydroxylation sites is 1. The third-order valence-corrected chi connectivity index (χ3v) is 3.19. The van der Waals surface area contributed by atoms with Crippen molar-refractivity contribution in [3.05, 3.63) is 30.3 Å². The van der Waals surface area contributed by atoms with Crippen LogP contribution in [-0.4, -0.2) is 31.1 Å². The van der Waals surface area contributed by atoms with Crippen molar-refractivity contribution in [3.8, 4) is 0 Å². The fraction of sp³-hybridized carbons (Fsp3) is 0.538. The zero-order valence-electron chi connectivity index (χ0n) is 9.81. The van der Waals surface area contributed by atoms with Crippen LogP contribution >= 0.6 is 0 Å². The van der Waals surface area contributed by atoms with Gasteiger partial charge in [0.2, 0.25) is 0 Å². The molecule has 0 amide bonds. The van der Waals surface area contributed by atoms with E-state index in [-0.39, 0.29) is 0 Å². The number of anilines is 1. The first-order valence-electron chi connectivity index (χ1n) is 6.16. The maximum atomic E-state index is 6.02. The highest BCUT2D eigenvalue weighted by Crippen LogP contribution is 2.11. The molecule has 1 aromatic carbocycles. The SMILES string of the molecule is NN(CCN1CCCCC1)c1ccccc1. The Labute approximate surface area is 97.8 Å². The second-order valence-electron chi connectivity index (χ2n) is 4.43. The molecule has 0 saturated carbocycles. The molecule has 16 heavy (non-hydrogen) atoms. The van der Waals surface area contributed by atoms with Crippen molar-refractivity contribution in [3.63, 3.8) is 0 Å². The average molecular weight is 219 g/mol. The molecule has 1 aliphatic rings. The quantitative estimate of drug-likeness (QED) is 0.619. The summed E-state index contributed by atoms with van der Waals surface area (Å²) in [5.41, 5.74) is 1.10. The van der Waals surface area contributed by atoms with E-state index in [1.807, 2.05) is 23.2 Å². The lowest BCUT2D eigenvalue weighted by molar-refractivity contribution is 0.233. The van der Waals surface area contributed by atoms with Gasteiger partial charge in [-0.25, -0.2) is 5.84 Å². The van der Waals surface area contributed by atoms with Crippen molar-refractivity contribution in [1.82, 2.24) is 4.90 Å². The van der Waals surface area contributed by atoms with Gasteiger partial charge in [0.05, 0.1) is 5.69 Å². The fourth-order valence-electron chi connectivity index (χ4n) is 2.18. The molecule has 3 heteroatoms. The highest BCUT2D eigenvalue weighted by atomic mass is 15.4. The monoisotopic (exact) mass is 219 g/mol. The Kier molecular flexibility index (Phi) is 4.19. The van der Waals surface area contributed by atoms with Crippen LogP contribution in [0.3, 0.4) is 0 Å². The predicted octanol–water partition coefficient (Wildman–Crippen LogP) is 1.85. The van der Waals surface area contributed by atoms with E-state index in [1.165, 1.54) is 32.4 Å². The van der Waals surface area contributed by atoms with Gasteiger partial charge in [0.15, 0.2) is 0 Å². The Morgan fingerprint density at radius 1 is 1.06 bits per heavy atom. The minimum atomic E-state index is 0.907. The Morgan fingerprint density at radius 3 is 2.44 bits per heavy atom.